The van der Waals surface area contributed by atoms with Crippen molar-refractivity contribution in [3.63, 3.8) is 0 Å². The van der Waals surface area contributed by atoms with Crippen LogP contribution in [0, 0.1) is 6.92 Å². The van der Waals surface area contributed by atoms with E-state index in [4.69, 9.17) is 5.73 Å². The van der Waals surface area contributed by atoms with Gasteiger partial charge in [0.05, 0.1) is 12.6 Å². The summed E-state index contributed by atoms with van der Waals surface area (Å²) in [5.74, 6) is 1.29. The van der Waals surface area contributed by atoms with Crippen LogP contribution in [0.15, 0.2) is 0 Å². The van der Waals surface area contributed by atoms with Gasteiger partial charge in [0.2, 0.25) is 5.91 Å². The maximum Gasteiger partial charge on any atom is 0.239 e. The van der Waals surface area contributed by atoms with Crippen molar-refractivity contribution in [1.29, 1.82) is 0 Å². The van der Waals surface area contributed by atoms with Crippen LogP contribution in [0.25, 0.3) is 0 Å². The summed E-state index contributed by atoms with van der Waals surface area (Å²) in [7, 11) is 1.71. The number of H-pyrrole nitrogens is 1. The first-order chi connectivity index (χ1) is 7.54. The second-order valence-electron chi connectivity index (χ2n) is 3.93. The van der Waals surface area contributed by atoms with Crippen molar-refractivity contribution in [2.24, 2.45) is 5.73 Å². The summed E-state index contributed by atoms with van der Waals surface area (Å²) in [5.41, 5.74) is 5.75. The fourth-order valence-electron chi connectivity index (χ4n) is 1.47. The first kappa shape index (κ1) is 12.6. The molecular weight excluding hydrogens is 206 g/mol. The first-order valence-corrected chi connectivity index (χ1v) is 5.43. The molecule has 16 heavy (non-hydrogen) atoms. The molecule has 0 saturated carbocycles. The molecule has 0 fully saturated rings. The molecule has 0 aliphatic carbocycles. The molecule has 6 nitrogen and oxygen atoms in total. The lowest BCUT2D eigenvalue weighted by Crippen LogP contribution is -2.41. The third kappa shape index (κ3) is 3.30. The summed E-state index contributed by atoms with van der Waals surface area (Å²) < 4.78 is 0. The second kappa shape index (κ2) is 5.60. The van der Waals surface area contributed by atoms with Gasteiger partial charge in [0, 0.05) is 7.05 Å². The average Bonchev–Trinajstić information content (AvgIpc) is 2.63. The highest BCUT2D eigenvalue weighted by molar-refractivity contribution is 5.81. The summed E-state index contributed by atoms with van der Waals surface area (Å²) in [6.45, 7) is 4.22. The summed E-state index contributed by atoms with van der Waals surface area (Å²) in [6.07, 6.45) is 1.61. The highest BCUT2D eigenvalue weighted by Crippen LogP contribution is 2.02. The van der Waals surface area contributed by atoms with E-state index in [2.05, 4.69) is 15.2 Å². The van der Waals surface area contributed by atoms with Gasteiger partial charge in [-0.25, -0.2) is 4.98 Å². The van der Waals surface area contributed by atoms with Gasteiger partial charge in [0.1, 0.15) is 5.82 Å². The minimum Gasteiger partial charge on any atom is -0.337 e. The smallest absolute Gasteiger partial charge is 0.239 e. The third-order valence-electron chi connectivity index (χ3n) is 2.32. The molecule has 0 radical (unpaired) electrons. The zero-order chi connectivity index (χ0) is 12.1. The average molecular weight is 225 g/mol. The number of aryl methyl sites for hydroxylation is 1. The minimum atomic E-state index is -0.421. The monoisotopic (exact) mass is 225 g/mol. The van der Waals surface area contributed by atoms with E-state index in [-0.39, 0.29) is 5.91 Å². The van der Waals surface area contributed by atoms with Crippen LogP contribution in [0.4, 0.5) is 0 Å². The molecule has 1 unspecified atom stereocenters. The van der Waals surface area contributed by atoms with Crippen molar-refractivity contribution < 1.29 is 4.79 Å². The molecule has 90 valence electrons. The molecule has 1 aromatic heterocycles. The van der Waals surface area contributed by atoms with Crippen LogP contribution in [0.2, 0.25) is 0 Å². The number of nitrogens with one attached hydrogen (secondary N) is 1. The van der Waals surface area contributed by atoms with Gasteiger partial charge in [-0.3, -0.25) is 9.89 Å². The predicted molar refractivity (Wildman–Crippen MR) is 60.5 cm³/mol. The Morgan fingerprint density at radius 1 is 1.62 bits per heavy atom. The van der Waals surface area contributed by atoms with Crippen LogP contribution in [0.3, 0.4) is 0 Å². The Labute approximate surface area is 95.2 Å². The molecule has 0 bridgehead atoms. The van der Waals surface area contributed by atoms with E-state index in [1.165, 1.54) is 0 Å². The number of amides is 1. The topological polar surface area (TPSA) is 87.9 Å². The van der Waals surface area contributed by atoms with Gasteiger partial charge < -0.3 is 10.6 Å². The van der Waals surface area contributed by atoms with Gasteiger partial charge >= 0.3 is 0 Å². The number of nitrogens with two attached hydrogens (primary N) is 1. The zero-order valence-electron chi connectivity index (χ0n) is 10.0. The quantitative estimate of drug-likeness (QED) is 0.749. The van der Waals surface area contributed by atoms with Gasteiger partial charge in [-0.05, 0) is 13.3 Å². The van der Waals surface area contributed by atoms with E-state index in [0.717, 1.165) is 12.2 Å². The Hall–Kier alpha value is -1.43. The standard InChI is InChI=1S/C10H19N5O/c1-4-5-8(11)10(16)15(3)6-9-12-7(2)13-14-9/h8H,4-6,11H2,1-3H3,(H,12,13,14). The van der Waals surface area contributed by atoms with E-state index in [1.807, 2.05) is 13.8 Å². The largest absolute Gasteiger partial charge is 0.337 e. The predicted octanol–water partition coefficient (Wildman–Crippen LogP) is 0.199. The van der Waals surface area contributed by atoms with E-state index in [1.54, 1.807) is 11.9 Å². The zero-order valence-corrected chi connectivity index (χ0v) is 10.0. The minimum absolute atomic E-state index is 0.0655. The summed E-state index contributed by atoms with van der Waals surface area (Å²) in [5, 5.41) is 6.71. The second-order valence-corrected chi connectivity index (χ2v) is 3.93. The summed E-state index contributed by atoms with van der Waals surface area (Å²) in [4.78, 5) is 17.5. The van der Waals surface area contributed by atoms with Crippen molar-refractivity contribution in [3.8, 4) is 0 Å². The molecule has 1 atom stereocenters. The number of nitrogens with zero attached hydrogens (tertiary/aromatic N) is 3. The molecular formula is C10H19N5O. The van der Waals surface area contributed by atoms with Crippen molar-refractivity contribution in [1.82, 2.24) is 20.1 Å². The Morgan fingerprint density at radius 2 is 2.31 bits per heavy atom. The first-order valence-electron chi connectivity index (χ1n) is 5.43. The number of hydrogen-bond donors (Lipinski definition) is 2. The number of hydrogen-bond acceptors (Lipinski definition) is 4. The van der Waals surface area contributed by atoms with Crippen LogP contribution >= 0.6 is 0 Å². The molecule has 1 aromatic rings. The molecule has 0 aliphatic heterocycles. The van der Waals surface area contributed by atoms with Crippen molar-refractivity contribution in [2.45, 2.75) is 39.3 Å². The van der Waals surface area contributed by atoms with Crippen LogP contribution < -0.4 is 5.73 Å². The van der Waals surface area contributed by atoms with E-state index in [9.17, 15) is 4.79 Å². The molecule has 0 aliphatic rings. The van der Waals surface area contributed by atoms with Gasteiger partial charge in [-0.15, -0.1) is 0 Å². The van der Waals surface area contributed by atoms with Crippen molar-refractivity contribution >= 4 is 5.91 Å². The van der Waals surface area contributed by atoms with Crippen LogP contribution in [-0.2, 0) is 11.3 Å². The molecule has 0 saturated heterocycles. The van der Waals surface area contributed by atoms with Gasteiger partial charge in [0.15, 0.2) is 5.82 Å². The molecule has 3 N–H and O–H groups in total. The van der Waals surface area contributed by atoms with Crippen molar-refractivity contribution in [2.75, 3.05) is 7.05 Å². The van der Waals surface area contributed by atoms with E-state index < -0.39 is 6.04 Å². The molecule has 0 aromatic carbocycles. The molecule has 6 heteroatoms. The van der Waals surface area contributed by atoms with Gasteiger partial charge in [0.25, 0.3) is 0 Å². The molecule has 1 rings (SSSR count). The normalized spacial score (nSPS) is 12.5. The van der Waals surface area contributed by atoms with E-state index in [0.29, 0.717) is 18.8 Å². The van der Waals surface area contributed by atoms with Gasteiger partial charge in [-0.2, -0.15) is 5.10 Å². The van der Waals surface area contributed by atoms with Crippen molar-refractivity contribution in [3.05, 3.63) is 11.6 Å². The lowest BCUT2D eigenvalue weighted by Gasteiger charge is -2.19. The van der Waals surface area contributed by atoms with Crippen LogP contribution in [0.1, 0.15) is 31.4 Å². The summed E-state index contributed by atoms with van der Waals surface area (Å²) in [6, 6.07) is -0.421. The molecule has 1 amide bonds. The molecule has 0 spiro atoms. The number of aromatic nitrogens is 3. The highest BCUT2D eigenvalue weighted by atomic mass is 16.2. The van der Waals surface area contributed by atoms with Crippen LogP contribution in [-0.4, -0.2) is 39.1 Å². The number of carbonyl (C=O) groups is 1. The Morgan fingerprint density at radius 3 is 2.81 bits per heavy atom. The highest BCUT2D eigenvalue weighted by Gasteiger charge is 2.18. The molecule has 1 heterocycles. The Balaban J connectivity index is 2.51. The Kier molecular flexibility index (Phi) is 4.42. The number of aromatic amines is 1. The van der Waals surface area contributed by atoms with Crippen LogP contribution in [0.5, 0.6) is 0 Å². The maximum absolute atomic E-state index is 11.8. The Bertz CT molecular complexity index is 349. The SMILES string of the molecule is CCCC(N)C(=O)N(C)Cc1n[nH]c(C)n1. The van der Waals surface area contributed by atoms with Gasteiger partial charge in [-0.1, -0.05) is 13.3 Å². The van der Waals surface area contributed by atoms with E-state index >= 15 is 0 Å². The fraction of sp³-hybridized carbons (Fsp3) is 0.700. The lowest BCUT2D eigenvalue weighted by atomic mass is 10.1. The number of likely N-dealkylation sites (N-methyl/N-ethyl adjacent to an activating group) is 1. The maximum atomic E-state index is 11.8. The third-order valence-corrected chi connectivity index (χ3v) is 2.32. The number of rotatable bonds is 5. The fourth-order valence-corrected chi connectivity index (χ4v) is 1.47. The lowest BCUT2D eigenvalue weighted by molar-refractivity contribution is -0.132. The summed E-state index contributed by atoms with van der Waals surface area (Å²) >= 11 is 0. The number of carbonyl (C=O) groups excluding carboxylic acids is 1.